The minimum Gasteiger partial charge on any atom is -0.548 e. The normalized spacial score (nSPS) is 13.4. The largest absolute Gasteiger partial charge is 0.548 e. The van der Waals surface area contributed by atoms with Crippen LogP contribution in [0.1, 0.15) is 13.3 Å². The monoisotopic (exact) mass is 102 g/mol. The summed E-state index contributed by atoms with van der Waals surface area (Å²) in [5.74, 6) is -1.18. The summed E-state index contributed by atoms with van der Waals surface area (Å²) in [6, 6.07) is -0.792. The predicted molar refractivity (Wildman–Crippen MR) is 23.3 cm³/mol. The second kappa shape index (κ2) is 2.58. The van der Waals surface area contributed by atoms with Crippen molar-refractivity contribution in [3.63, 3.8) is 0 Å². The zero-order valence-corrected chi connectivity index (χ0v) is 4.18. The molecule has 0 heterocycles. The molecule has 0 aliphatic heterocycles. The molecule has 0 unspecified atom stereocenters. The SMILES string of the molecule is CC[C@H](N)C(=O)[O-]. The van der Waals surface area contributed by atoms with Crippen molar-refractivity contribution in [2.75, 3.05) is 0 Å². The second-order valence-electron chi connectivity index (χ2n) is 1.33. The van der Waals surface area contributed by atoms with Crippen LogP contribution in [0.2, 0.25) is 0 Å². The minimum absolute atomic E-state index is 0.433. The van der Waals surface area contributed by atoms with Gasteiger partial charge in [-0.25, -0.2) is 0 Å². The molecule has 3 nitrogen and oxygen atoms in total. The van der Waals surface area contributed by atoms with E-state index < -0.39 is 12.0 Å². The molecule has 0 aromatic heterocycles. The lowest BCUT2D eigenvalue weighted by atomic mass is 10.2. The standard InChI is InChI=1S/C4H9NO2/c1-2-3(5)4(6)7/h3H,2,5H2,1H3,(H,6,7)/p-1/t3-/m0/s1. The quantitative estimate of drug-likeness (QED) is 0.460. The first-order valence-corrected chi connectivity index (χ1v) is 2.15. The molecular weight excluding hydrogens is 94.0 g/mol. The number of nitrogens with two attached hydrogens (primary N) is 1. The molecule has 0 saturated heterocycles. The highest BCUT2D eigenvalue weighted by molar-refractivity contribution is 5.70. The first-order valence-electron chi connectivity index (χ1n) is 2.15. The van der Waals surface area contributed by atoms with Crippen LogP contribution >= 0.6 is 0 Å². The van der Waals surface area contributed by atoms with Crippen LogP contribution in [0.5, 0.6) is 0 Å². The number of carbonyl (C=O) groups excluding carboxylic acids is 1. The van der Waals surface area contributed by atoms with Gasteiger partial charge in [0.25, 0.3) is 0 Å². The van der Waals surface area contributed by atoms with Crippen molar-refractivity contribution in [3.05, 3.63) is 0 Å². The molecule has 0 amide bonds. The van der Waals surface area contributed by atoms with Crippen molar-refractivity contribution >= 4 is 5.97 Å². The number of rotatable bonds is 2. The highest BCUT2D eigenvalue weighted by atomic mass is 16.4. The molecule has 2 N–H and O–H groups in total. The molecule has 0 rings (SSSR count). The van der Waals surface area contributed by atoms with Crippen LogP contribution in [0.4, 0.5) is 0 Å². The Morgan fingerprint density at radius 2 is 2.43 bits per heavy atom. The molecule has 0 aliphatic carbocycles. The van der Waals surface area contributed by atoms with Gasteiger partial charge in [-0.2, -0.15) is 0 Å². The second-order valence-corrected chi connectivity index (χ2v) is 1.33. The topological polar surface area (TPSA) is 66.2 Å². The van der Waals surface area contributed by atoms with Crippen LogP contribution in [0.25, 0.3) is 0 Å². The zero-order chi connectivity index (χ0) is 5.86. The lowest BCUT2D eigenvalue weighted by Gasteiger charge is -2.06. The molecule has 7 heavy (non-hydrogen) atoms. The van der Waals surface area contributed by atoms with E-state index in [1.54, 1.807) is 6.92 Å². The Kier molecular flexibility index (Phi) is 2.37. The van der Waals surface area contributed by atoms with Crippen molar-refractivity contribution in [1.82, 2.24) is 0 Å². The van der Waals surface area contributed by atoms with Gasteiger partial charge in [0.15, 0.2) is 0 Å². The predicted octanol–water partition coefficient (Wildman–Crippen LogP) is -1.53. The molecular formula is C4H8NO2-. The molecule has 0 aromatic rings. The van der Waals surface area contributed by atoms with Crippen LogP contribution < -0.4 is 10.8 Å². The Bertz CT molecular complexity index is 72.1. The Morgan fingerprint density at radius 3 is 2.43 bits per heavy atom. The van der Waals surface area contributed by atoms with Gasteiger partial charge in [0.1, 0.15) is 0 Å². The maximum Gasteiger partial charge on any atom is 0.0582 e. The maximum atomic E-state index is 9.69. The highest BCUT2D eigenvalue weighted by Crippen LogP contribution is 1.79. The zero-order valence-electron chi connectivity index (χ0n) is 4.18. The lowest BCUT2D eigenvalue weighted by molar-refractivity contribution is -0.307. The smallest absolute Gasteiger partial charge is 0.0582 e. The summed E-state index contributed by atoms with van der Waals surface area (Å²) in [5.41, 5.74) is 4.95. The Morgan fingerprint density at radius 1 is 2.00 bits per heavy atom. The van der Waals surface area contributed by atoms with Gasteiger partial charge >= 0.3 is 0 Å². The molecule has 0 aromatic carbocycles. The van der Waals surface area contributed by atoms with Crippen molar-refractivity contribution in [2.24, 2.45) is 5.73 Å². The van der Waals surface area contributed by atoms with E-state index in [0.717, 1.165) is 0 Å². The van der Waals surface area contributed by atoms with E-state index in [9.17, 15) is 9.90 Å². The number of carboxylic acid groups (broad SMARTS) is 1. The summed E-state index contributed by atoms with van der Waals surface area (Å²) < 4.78 is 0. The van der Waals surface area contributed by atoms with E-state index >= 15 is 0 Å². The van der Waals surface area contributed by atoms with Crippen molar-refractivity contribution in [1.29, 1.82) is 0 Å². The van der Waals surface area contributed by atoms with E-state index in [0.29, 0.717) is 6.42 Å². The molecule has 3 heteroatoms. The average molecular weight is 102 g/mol. The number of aliphatic carboxylic acids is 1. The lowest BCUT2D eigenvalue weighted by Crippen LogP contribution is -2.41. The molecule has 0 spiro atoms. The Balaban J connectivity index is 3.34. The summed E-state index contributed by atoms with van der Waals surface area (Å²) in [4.78, 5) is 9.69. The van der Waals surface area contributed by atoms with Crippen LogP contribution in [0, 0.1) is 0 Å². The summed E-state index contributed by atoms with van der Waals surface area (Å²) in [6.07, 6.45) is 0.433. The molecule has 0 aliphatic rings. The Labute approximate surface area is 42.1 Å². The first-order chi connectivity index (χ1) is 3.18. The molecule has 0 fully saturated rings. The van der Waals surface area contributed by atoms with Gasteiger partial charge in [0.05, 0.1) is 5.97 Å². The van der Waals surface area contributed by atoms with Crippen LogP contribution in [-0.4, -0.2) is 12.0 Å². The van der Waals surface area contributed by atoms with E-state index in [4.69, 9.17) is 5.73 Å². The summed E-state index contributed by atoms with van der Waals surface area (Å²) >= 11 is 0. The fourth-order valence-corrected chi connectivity index (χ4v) is 0.167. The third-order valence-electron chi connectivity index (χ3n) is 0.743. The summed E-state index contributed by atoms with van der Waals surface area (Å²) in [6.45, 7) is 1.69. The van der Waals surface area contributed by atoms with E-state index in [1.807, 2.05) is 0 Å². The highest BCUT2D eigenvalue weighted by Gasteiger charge is 1.94. The molecule has 42 valence electrons. The third kappa shape index (κ3) is 2.17. The third-order valence-corrected chi connectivity index (χ3v) is 0.743. The minimum atomic E-state index is -1.18. The van der Waals surface area contributed by atoms with Crippen LogP contribution in [-0.2, 0) is 4.79 Å². The van der Waals surface area contributed by atoms with Gasteiger partial charge in [0, 0.05) is 6.04 Å². The maximum absolute atomic E-state index is 9.69. The van der Waals surface area contributed by atoms with Gasteiger partial charge in [-0.3, -0.25) is 0 Å². The van der Waals surface area contributed by atoms with Gasteiger partial charge < -0.3 is 15.6 Å². The van der Waals surface area contributed by atoms with Gasteiger partial charge in [-0.15, -0.1) is 0 Å². The Hall–Kier alpha value is -0.570. The van der Waals surface area contributed by atoms with Gasteiger partial charge in [-0.1, -0.05) is 6.92 Å². The van der Waals surface area contributed by atoms with Gasteiger partial charge in [-0.05, 0) is 6.42 Å². The fourth-order valence-electron chi connectivity index (χ4n) is 0.167. The van der Waals surface area contributed by atoms with Crippen LogP contribution in [0.3, 0.4) is 0 Å². The fraction of sp³-hybridized carbons (Fsp3) is 0.750. The molecule has 0 saturated carbocycles. The van der Waals surface area contributed by atoms with E-state index in [-0.39, 0.29) is 0 Å². The average Bonchev–Trinajstić information content (AvgIpc) is 1.65. The van der Waals surface area contributed by atoms with E-state index in [2.05, 4.69) is 0 Å². The molecule has 0 bridgehead atoms. The van der Waals surface area contributed by atoms with Crippen molar-refractivity contribution in [3.8, 4) is 0 Å². The molecule has 0 radical (unpaired) electrons. The number of hydrogen-bond donors (Lipinski definition) is 1. The van der Waals surface area contributed by atoms with Crippen molar-refractivity contribution < 1.29 is 9.90 Å². The number of carbonyl (C=O) groups is 1. The number of hydrogen-bond acceptors (Lipinski definition) is 3. The van der Waals surface area contributed by atoms with Crippen LogP contribution in [0.15, 0.2) is 0 Å². The summed E-state index contributed by atoms with van der Waals surface area (Å²) in [7, 11) is 0. The number of carboxylic acids is 1. The van der Waals surface area contributed by atoms with Crippen molar-refractivity contribution in [2.45, 2.75) is 19.4 Å². The van der Waals surface area contributed by atoms with Gasteiger partial charge in [0.2, 0.25) is 0 Å². The first kappa shape index (κ1) is 6.43. The van der Waals surface area contributed by atoms with E-state index in [1.165, 1.54) is 0 Å². The summed E-state index contributed by atoms with van der Waals surface area (Å²) in [5, 5.41) is 9.69. The molecule has 1 atom stereocenters.